The molecule has 0 aliphatic rings. The lowest BCUT2D eigenvalue weighted by Crippen LogP contribution is -2.28. The highest BCUT2D eigenvalue weighted by Crippen LogP contribution is 2.34. The lowest BCUT2D eigenvalue weighted by molar-refractivity contribution is 0.402. The minimum atomic E-state index is 0.279. The molecule has 2 N–H and O–H groups in total. The highest BCUT2D eigenvalue weighted by atomic mass is 32.2. The molecular weight excluding hydrogens is 360 g/mol. The van der Waals surface area contributed by atoms with E-state index in [-0.39, 0.29) is 5.75 Å². The van der Waals surface area contributed by atoms with Crippen molar-refractivity contribution in [2.24, 2.45) is 0 Å². The molecule has 0 aliphatic heterocycles. The Morgan fingerprint density at radius 2 is 1.88 bits per heavy atom. The quantitative estimate of drug-likeness (QED) is 0.217. The predicted octanol–water partition coefficient (Wildman–Crippen LogP) is 6.33. The molecule has 0 radical (unpaired) electrons. The van der Waals surface area contributed by atoms with Crippen LogP contribution < -0.4 is 0 Å². The average molecular weight is 385 g/mol. The Kier molecular flexibility index (Phi) is 6.58. The Morgan fingerprint density at radius 3 is 2.62 bits per heavy atom. The van der Waals surface area contributed by atoms with Crippen LogP contribution in [0.2, 0.25) is 0 Å². The first-order valence-corrected chi connectivity index (χ1v) is 10.6. The number of unbranched alkanes of at least 4 members (excludes halogenated alkanes) is 2. The number of nitrogens with zero attached hydrogens (tertiary/aromatic N) is 1. The van der Waals surface area contributed by atoms with Gasteiger partial charge in [-0.25, -0.2) is 0 Å². The first-order chi connectivity index (χ1) is 12.7. The lowest BCUT2D eigenvalue weighted by Gasteiger charge is -2.24. The smallest absolute Gasteiger partial charge is 0.162 e. The van der Waals surface area contributed by atoms with E-state index >= 15 is 0 Å². The molecule has 0 saturated heterocycles. The fourth-order valence-corrected chi connectivity index (χ4v) is 4.92. The molecule has 0 fully saturated rings. The topological polar surface area (TPSA) is 47.3 Å². The Morgan fingerprint density at radius 1 is 1.12 bits per heavy atom. The van der Waals surface area contributed by atoms with Crippen molar-refractivity contribution < 1.29 is 5.11 Å². The molecule has 26 heavy (non-hydrogen) atoms. The van der Waals surface area contributed by atoms with Gasteiger partial charge in [0.25, 0.3) is 0 Å². The number of rotatable bonds is 7. The zero-order valence-electron chi connectivity index (χ0n) is 14.9. The first kappa shape index (κ1) is 18.8. The van der Waals surface area contributed by atoms with E-state index in [2.05, 4.69) is 42.2 Å². The van der Waals surface area contributed by atoms with Gasteiger partial charge < -0.3 is 10.0 Å². The van der Waals surface area contributed by atoms with Crippen molar-refractivity contribution in [3.05, 3.63) is 60.2 Å². The molecule has 0 spiro atoms. The van der Waals surface area contributed by atoms with Crippen LogP contribution in [0.25, 0.3) is 10.1 Å². The number of phenolic OH excluding ortho intramolecular Hbond substituents is 1. The summed E-state index contributed by atoms with van der Waals surface area (Å²) in [5.41, 5.74) is 1.11. The Bertz CT molecular complexity index is 825. The second-order valence-corrected chi connectivity index (χ2v) is 8.68. The third kappa shape index (κ3) is 5.02. The zero-order chi connectivity index (χ0) is 18.4. The van der Waals surface area contributed by atoms with Crippen LogP contribution in [-0.4, -0.2) is 21.7 Å². The average Bonchev–Trinajstić information content (AvgIpc) is 3.05. The van der Waals surface area contributed by atoms with Crippen LogP contribution in [0.3, 0.4) is 0 Å². The molecule has 5 heteroatoms. The number of hydrogen-bond acceptors (Lipinski definition) is 4. The van der Waals surface area contributed by atoms with Crippen molar-refractivity contribution in [1.29, 1.82) is 5.41 Å². The molecule has 2 aromatic carbocycles. The molecule has 1 aromatic heterocycles. The van der Waals surface area contributed by atoms with E-state index in [1.54, 1.807) is 23.5 Å². The fourth-order valence-electron chi connectivity index (χ4n) is 2.79. The van der Waals surface area contributed by atoms with Gasteiger partial charge in [-0.2, -0.15) is 0 Å². The summed E-state index contributed by atoms with van der Waals surface area (Å²) in [7, 11) is 0. The third-order valence-corrected chi connectivity index (χ3v) is 6.41. The third-order valence-electron chi connectivity index (χ3n) is 4.23. The maximum Gasteiger partial charge on any atom is 0.162 e. The summed E-state index contributed by atoms with van der Waals surface area (Å²) in [5.74, 6) is 0.279. The van der Waals surface area contributed by atoms with E-state index in [1.165, 1.54) is 34.7 Å². The highest BCUT2D eigenvalue weighted by molar-refractivity contribution is 8.15. The molecule has 136 valence electrons. The van der Waals surface area contributed by atoms with Crippen molar-refractivity contribution in [3.8, 4) is 5.75 Å². The first-order valence-electron chi connectivity index (χ1n) is 8.93. The van der Waals surface area contributed by atoms with Crippen LogP contribution in [-0.2, 0) is 6.54 Å². The Balaban J connectivity index is 1.71. The van der Waals surface area contributed by atoms with E-state index in [9.17, 15) is 5.11 Å². The van der Waals surface area contributed by atoms with Gasteiger partial charge in [0.2, 0.25) is 0 Å². The van der Waals surface area contributed by atoms with Crippen molar-refractivity contribution in [1.82, 2.24) is 4.90 Å². The monoisotopic (exact) mass is 384 g/mol. The van der Waals surface area contributed by atoms with Gasteiger partial charge in [-0.05, 0) is 53.4 Å². The molecule has 1 heterocycles. The number of nitrogens with one attached hydrogen (secondary N) is 1. The number of benzene rings is 2. The van der Waals surface area contributed by atoms with Gasteiger partial charge in [-0.1, -0.05) is 50.1 Å². The van der Waals surface area contributed by atoms with E-state index in [0.29, 0.717) is 11.7 Å². The van der Waals surface area contributed by atoms with E-state index in [4.69, 9.17) is 5.41 Å². The molecular formula is C21H24N2OS2. The zero-order valence-corrected chi connectivity index (χ0v) is 16.6. The summed E-state index contributed by atoms with van der Waals surface area (Å²) in [5, 5.41) is 19.9. The van der Waals surface area contributed by atoms with E-state index in [1.807, 2.05) is 12.1 Å². The second kappa shape index (κ2) is 9.10. The normalized spacial score (nSPS) is 11.0. The number of aromatic hydroxyl groups is 1. The van der Waals surface area contributed by atoms with Gasteiger partial charge in [-0.15, -0.1) is 11.3 Å². The summed E-state index contributed by atoms with van der Waals surface area (Å²) >= 11 is 3.28. The van der Waals surface area contributed by atoms with Crippen LogP contribution >= 0.6 is 23.1 Å². The van der Waals surface area contributed by atoms with Gasteiger partial charge in [0.1, 0.15) is 5.75 Å². The Hall–Kier alpha value is -1.98. The second-order valence-electron chi connectivity index (χ2n) is 6.31. The lowest BCUT2D eigenvalue weighted by atomic mass is 10.2. The fraction of sp³-hybridized carbons (Fsp3) is 0.286. The molecule has 0 bridgehead atoms. The van der Waals surface area contributed by atoms with Crippen LogP contribution in [0, 0.1) is 5.41 Å². The molecule has 0 amide bonds. The van der Waals surface area contributed by atoms with Gasteiger partial charge in [-0.3, -0.25) is 5.41 Å². The number of amidine groups is 1. The van der Waals surface area contributed by atoms with Crippen molar-refractivity contribution >= 4 is 38.4 Å². The summed E-state index contributed by atoms with van der Waals surface area (Å²) in [6, 6.07) is 17.8. The summed E-state index contributed by atoms with van der Waals surface area (Å²) in [4.78, 5) is 2.14. The summed E-state index contributed by atoms with van der Waals surface area (Å²) < 4.78 is 2.42. The number of fused-ring (bicyclic) bond motifs is 1. The largest absolute Gasteiger partial charge is 0.508 e. The molecule has 0 unspecified atom stereocenters. The molecule has 3 rings (SSSR count). The molecule has 0 saturated carbocycles. The predicted molar refractivity (Wildman–Crippen MR) is 113 cm³/mol. The van der Waals surface area contributed by atoms with Crippen molar-refractivity contribution in [3.63, 3.8) is 0 Å². The molecule has 0 aliphatic carbocycles. The Labute approximate surface area is 163 Å². The number of phenols is 1. The number of thiophene rings is 1. The van der Waals surface area contributed by atoms with E-state index in [0.717, 1.165) is 22.7 Å². The van der Waals surface area contributed by atoms with E-state index < -0.39 is 0 Å². The van der Waals surface area contributed by atoms with Gasteiger partial charge >= 0.3 is 0 Å². The molecule has 3 aromatic rings. The number of thioether (sulfide) groups is 1. The summed E-state index contributed by atoms with van der Waals surface area (Å²) in [6.45, 7) is 3.77. The highest BCUT2D eigenvalue weighted by Gasteiger charge is 2.14. The van der Waals surface area contributed by atoms with Gasteiger partial charge in [0, 0.05) is 17.8 Å². The van der Waals surface area contributed by atoms with Crippen LogP contribution in [0.1, 0.15) is 31.7 Å². The van der Waals surface area contributed by atoms with Gasteiger partial charge in [0.15, 0.2) is 5.17 Å². The summed E-state index contributed by atoms with van der Waals surface area (Å²) in [6.07, 6.45) is 3.43. The maximum atomic E-state index is 9.48. The standard InChI is InChI=1S/C21H24N2OS2/c1-2-3-6-13-23(15-16-9-11-18(24)12-10-16)21(22)26-20-14-17-7-4-5-8-19(17)25-20/h4-5,7-12,14,22,24H,2-3,6,13,15H2,1H3. The van der Waals surface area contributed by atoms with Gasteiger partial charge in [0.05, 0.1) is 4.21 Å². The van der Waals surface area contributed by atoms with Crippen LogP contribution in [0.15, 0.2) is 58.8 Å². The minimum Gasteiger partial charge on any atom is -0.508 e. The number of hydrogen-bond donors (Lipinski definition) is 2. The van der Waals surface area contributed by atoms with Crippen LogP contribution in [0.5, 0.6) is 5.75 Å². The maximum absolute atomic E-state index is 9.48. The SMILES string of the molecule is CCCCCN(Cc1ccc(O)cc1)C(=N)Sc1cc2ccccc2s1. The minimum absolute atomic E-state index is 0.279. The van der Waals surface area contributed by atoms with Crippen molar-refractivity contribution in [2.75, 3.05) is 6.54 Å². The molecule has 3 nitrogen and oxygen atoms in total. The van der Waals surface area contributed by atoms with Crippen LogP contribution in [0.4, 0.5) is 0 Å². The van der Waals surface area contributed by atoms with Crippen molar-refractivity contribution in [2.45, 2.75) is 36.9 Å². The molecule has 0 atom stereocenters.